The summed E-state index contributed by atoms with van der Waals surface area (Å²) in [5, 5.41) is 4.17. The van der Waals surface area contributed by atoms with Crippen LogP contribution in [0.25, 0.3) is 11.2 Å². The number of aryl methyl sites for hydroxylation is 2. The Morgan fingerprint density at radius 1 is 0.966 bits per heavy atom. The molecule has 3 aromatic rings. The molecule has 3 rings (SSSR count). The number of imidazole rings is 1. The van der Waals surface area contributed by atoms with E-state index in [1.54, 1.807) is 37.0 Å². The van der Waals surface area contributed by atoms with Crippen LogP contribution in [0, 0.1) is 0 Å². The molecule has 2 aromatic heterocycles. The van der Waals surface area contributed by atoms with E-state index in [0.29, 0.717) is 34.3 Å². The van der Waals surface area contributed by atoms with Crippen molar-refractivity contribution in [1.29, 1.82) is 0 Å². The summed E-state index contributed by atoms with van der Waals surface area (Å²) in [6, 6.07) is 3.47. The lowest BCUT2D eigenvalue weighted by atomic mass is 10.2. The molecule has 0 aliphatic heterocycles. The van der Waals surface area contributed by atoms with E-state index in [2.05, 4.69) is 15.5 Å². The minimum absolute atomic E-state index is 0.270. The number of hydrogen-bond acceptors (Lipinski definition) is 8. The fourth-order valence-electron chi connectivity index (χ4n) is 2.96. The van der Waals surface area contributed by atoms with Crippen molar-refractivity contribution in [2.24, 2.45) is 26.2 Å². The van der Waals surface area contributed by atoms with Crippen LogP contribution in [-0.2, 0) is 21.1 Å². The molecule has 0 atom stereocenters. The van der Waals surface area contributed by atoms with Gasteiger partial charge in [-0.05, 0) is 12.1 Å². The van der Waals surface area contributed by atoms with E-state index in [0.717, 1.165) is 4.57 Å². The van der Waals surface area contributed by atoms with Crippen molar-refractivity contribution < 1.29 is 14.2 Å². The van der Waals surface area contributed by atoms with Crippen molar-refractivity contribution >= 4 is 23.3 Å². The molecule has 0 spiro atoms. The number of methoxy groups -OCH3 is 3. The van der Waals surface area contributed by atoms with Crippen LogP contribution < -0.4 is 30.9 Å². The second-order valence-electron chi connectivity index (χ2n) is 6.20. The Morgan fingerprint density at radius 3 is 2.14 bits per heavy atom. The van der Waals surface area contributed by atoms with Crippen molar-refractivity contribution in [2.45, 2.75) is 0 Å². The molecule has 0 fully saturated rings. The molecular formula is C18H22N6O5. The van der Waals surface area contributed by atoms with Gasteiger partial charge in [0.05, 0.1) is 27.5 Å². The molecule has 1 N–H and O–H groups in total. The summed E-state index contributed by atoms with van der Waals surface area (Å²) >= 11 is 0. The molecule has 29 heavy (non-hydrogen) atoms. The van der Waals surface area contributed by atoms with Gasteiger partial charge in [-0.15, -0.1) is 0 Å². The number of anilines is 1. The standard InChI is InChI=1S/C18H22N6O5/c1-22-13-15(23(2)18(26)24(3)16(13)25)20-17(22)21-19-9-10-7-11(27-4)14(29-6)12(8-10)28-5/h7-9H,1-6H3,(H,20,21). The zero-order valence-corrected chi connectivity index (χ0v) is 17.0. The molecule has 0 bridgehead atoms. The van der Waals surface area contributed by atoms with E-state index in [9.17, 15) is 9.59 Å². The van der Waals surface area contributed by atoms with Crippen LogP contribution >= 0.6 is 0 Å². The quantitative estimate of drug-likeness (QED) is 0.470. The Bertz CT molecular complexity index is 1200. The zero-order chi connectivity index (χ0) is 21.3. The van der Waals surface area contributed by atoms with E-state index in [1.807, 2.05) is 0 Å². The van der Waals surface area contributed by atoms with Crippen LogP contribution in [0.4, 0.5) is 5.95 Å². The van der Waals surface area contributed by atoms with Crippen molar-refractivity contribution in [3.63, 3.8) is 0 Å². The summed E-state index contributed by atoms with van der Waals surface area (Å²) in [5.74, 6) is 1.78. The number of hydrogen-bond donors (Lipinski definition) is 1. The van der Waals surface area contributed by atoms with Crippen LogP contribution in [0.1, 0.15) is 5.56 Å². The molecule has 0 radical (unpaired) electrons. The molecule has 154 valence electrons. The smallest absolute Gasteiger partial charge is 0.332 e. The highest BCUT2D eigenvalue weighted by Gasteiger charge is 2.17. The van der Waals surface area contributed by atoms with Gasteiger partial charge in [-0.2, -0.15) is 10.1 Å². The van der Waals surface area contributed by atoms with Crippen LogP contribution in [0.2, 0.25) is 0 Å². The third-order valence-corrected chi connectivity index (χ3v) is 4.54. The summed E-state index contributed by atoms with van der Waals surface area (Å²) in [5.41, 5.74) is 3.16. The molecule has 11 heteroatoms. The minimum atomic E-state index is -0.451. The number of fused-ring (bicyclic) bond motifs is 1. The molecule has 0 unspecified atom stereocenters. The molecule has 0 saturated carbocycles. The Morgan fingerprint density at radius 2 is 1.59 bits per heavy atom. The van der Waals surface area contributed by atoms with Crippen LogP contribution in [0.3, 0.4) is 0 Å². The topological polar surface area (TPSA) is 114 Å². The number of aromatic nitrogens is 4. The zero-order valence-electron chi connectivity index (χ0n) is 17.0. The lowest BCUT2D eigenvalue weighted by Crippen LogP contribution is -2.37. The summed E-state index contributed by atoms with van der Waals surface area (Å²) in [6.45, 7) is 0. The van der Waals surface area contributed by atoms with Gasteiger partial charge in [0.1, 0.15) is 0 Å². The first kappa shape index (κ1) is 20.0. The number of rotatable bonds is 6. The van der Waals surface area contributed by atoms with E-state index in [4.69, 9.17) is 14.2 Å². The number of hydrazone groups is 1. The highest BCUT2D eigenvalue weighted by molar-refractivity contribution is 5.83. The van der Waals surface area contributed by atoms with Gasteiger partial charge in [0.25, 0.3) is 5.56 Å². The van der Waals surface area contributed by atoms with Crippen LogP contribution in [0.15, 0.2) is 26.8 Å². The van der Waals surface area contributed by atoms with Gasteiger partial charge in [0.15, 0.2) is 22.7 Å². The molecule has 0 aliphatic rings. The third kappa shape index (κ3) is 3.30. The van der Waals surface area contributed by atoms with Gasteiger partial charge < -0.3 is 18.8 Å². The lowest BCUT2D eigenvalue weighted by molar-refractivity contribution is 0.324. The SMILES string of the molecule is COc1cc(C=NNc2nc3c(c(=O)n(C)c(=O)n3C)n2C)cc(OC)c1OC. The maximum atomic E-state index is 12.4. The number of nitrogens with zero attached hydrogens (tertiary/aromatic N) is 5. The van der Waals surface area contributed by atoms with E-state index < -0.39 is 11.2 Å². The molecule has 0 saturated heterocycles. The predicted octanol–water partition coefficient (Wildman–Crippen LogP) is 0.443. The lowest BCUT2D eigenvalue weighted by Gasteiger charge is -2.12. The second kappa shape index (κ2) is 7.70. The number of ether oxygens (including phenoxy) is 3. The highest BCUT2D eigenvalue weighted by atomic mass is 16.5. The molecule has 0 amide bonds. The first-order valence-electron chi connectivity index (χ1n) is 8.55. The van der Waals surface area contributed by atoms with E-state index in [1.165, 1.54) is 32.9 Å². The van der Waals surface area contributed by atoms with Gasteiger partial charge in [-0.1, -0.05) is 0 Å². The van der Waals surface area contributed by atoms with Crippen molar-refractivity contribution in [1.82, 2.24) is 18.7 Å². The van der Waals surface area contributed by atoms with Gasteiger partial charge in [-0.25, -0.2) is 10.2 Å². The van der Waals surface area contributed by atoms with Gasteiger partial charge >= 0.3 is 5.69 Å². The molecule has 11 nitrogen and oxygen atoms in total. The summed E-state index contributed by atoms with van der Waals surface area (Å²) in [7, 11) is 9.23. The summed E-state index contributed by atoms with van der Waals surface area (Å²) in [6.07, 6.45) is 1.54. The number of nitrogens with one attached hydrogen (secondary N) is 1. The fourth-order valence-corrected chi connectivity index (χ4v) is 2.96. The molecular weight excluding hydrogens is 380 g/mol. The molecule has 2 heterocycles. The Balaban J connectivity index is 1.97. The predicted molar refractivity (Wildman–Crippen MR) is 109 cm³/mol. The maximum absolute atomic E-state index is 12.4. The van der Waals surface area contributed by atoms with Crippen molar-refractivity contribution in [2.75, 3.05) is 26.8 Å². The molecule has 1 aromatic carbocycles. The minimum Gasteiger partial charge on any atom is -0.493 e. The highest BCUT2D eigenvalue weighted by Crippen LogP contribution is 2.37. The number of benzene rings is 1. The van der Waals surface area contributed by atoms with Gasteiger partial charge in [0.2, 0.25) is 11.7 Å². The van der Waals surface area contributed by atoms with Gasteiger partial charge in [0, 0.05) is 26.7 Å². The molecule has 0 aliphatic carbocycles. The Hall–Kier alpha value is -3.76. The van der Waals surface area contributed by atoms with E-state index >= 15 is 0 Å². The second-order valence-corrected chi connectivity index (χ2v) is 6.20. The summed E-state index contributed by atoms with van der Waals surface area (Å²) < 4.78 is 19.8. The Labute approximate surface area is 165 Å². The van der Waals surface area contributed by atoms with Gasteiger partial charge in [-0.3, -0.25) is 13.9 Å². The maximum Gasteiger partial charge on any atom is 0.332 e. The van der Waals surface area contributed by atoms with Crippen LogP contribution in [-0.4, -0.2) is 46.2 Å². The van der Waals surface area contributed by atoms with E-state index in [-0.39, 0.29) is 5.65 Å². The fraction of sp³-hybridized carbons (Fsp3) is 0.333. The van der Waals surface area contributed by atoms with Crippen molar-refractivity contribution in [3.05, 3.63) is 38.5 Å². The largest absolute Gasteiger partial charge is 0.493 e. The Kier molecular flexibility index (Phi) is 5.31. The third-order valence-electron chi connectivity index (χ3n) is 4.54. The van der Waals surface area contributed by atoms with Crippen LogP contribution in [0.5, 0.6) is 17.2 Å². The first-order chi connectivity index (χ1) is 13.8. The monoisotopic (exact) mass is 402 g/mol. The average molecular weight is 402 g/mol. The average Bonchev–Trinajstić information content (AvgIpc) is 3.06. The summed E-state index contributed by atoms with van der Waals surface area (Å²) in [4.78, 5) is 28.8. The normalized spacial score (nSPS) is 11.2. The van der Waals surface area contributed by atoms with Crippen molar-refractivity contribution in [3.8, 4) is 17.2 Å². The first-order valence-corrected chi connectivity index (χ1v) is 8.55.